The number of anilines is 1. The molecular weight excluding hydrogens is 307 g/mol. The summed E-state index contributed by atoms with van der Waals surface area (Å²) in [6, 6.07) is 4.52. The Balaban J connectivity index is 2.05. The Morgan fingerprint density at radius 1 is 1.53 bits per heavy atom. The third-order valence-electron chi connectivity index (χ3n) is 2.04. The number of hydrogen-bond acceptors (Lipinski definition) is 3. The number of carbonyl (C=O) groups is 1. The van der Waals surface area contributed by atoms with Crippen molar-refractivity contribution in [1.29, 1.82) is 0 Å². The van der Waals surface area contributed by atoms with E-state index in [4.69, 9.17) is 0 Å². The minimum atomic E-state index is -0.387. The summed E-state index contributed by atoms with van der Waals surface area (Å²) in [5.41, 5.74) is 0.355. The van der Waals surface area contributed by atoms with Crippen LogP contribution in [0.15, 0.2) is 34.2 Å². The van der Waals surface area contributed by atoms with Crippen molar-refractivity contribution < 1.29 is 9.18 Å². The summed E-state index contributed by atoms with van der Waals surface area (Å²) in [7, 11) is 0. The second-order valence-corrected chi connectivity index (χ2v) is 5.11. The molecular formula is C11H8BrFN2OS. The number of halogens is 2. The minimum Gasteiger partial charge on any atom is -0.302 e. The van der Waals surface area contributed by atoms with E-state index in [1.165, 1.54) is 17.4 Å². The maximum atomic E-state index is 13.4. The van der Waals surface area contributed by atoms with Gasteiger partial charge in [-0.05, 0) is 23.8 Å². The lowest BCUT2D eigenvalue weighted by atomic mass is 10.1. The molecule has 0 unspecified atom stereocenters. The van der Waals surface area contributed by atoms with Crippen LogP contribution in [0.5, 0.6) is 0 Å². The lowest BCUT2D eigenvalue weighted by molar-refractivity contribution is -0.115. The molecule has 0 atom stereocenters. The van der Waals surface area contributed by atoms with Crippen LogP contribution in [-0.4, -0.2) is 10.9 Å². The molecule has 17 heavy (non-hydrogen) atoms. The Morgan fingerprint density at radius 2 is 2.35 bits per heavy atom. The van der Waals surface area contributed by atoms with Crippen LogP contribution in [0.4, 0.5) is 9.52 Å². The Hall–Kier alpha value is -1.27. The van der Waals surface area contributed by atoms with Crippen molar-refractivity contribution in [3.8, 4) is 0 Å². The van der Waals surface area contributed by atoms with Crippen molar-refractivity contribution in [2.24, 2.45) is 0 Å². The molecule has 0 saturated heterocycles. The van der Waals surface area contributed by atoms with Gasteiger partial charge in [-0.1, -0.05) is 15.9 Å². The van der Waals surface area contributed by atoms with Gasteiger partial charge in [-0.15, -0.1) is 11.3 Å². The molecule has 1 heterocycles. The van der Waals surface area contributed by atoms with Crippen LogP contribution in [0.3, 0.4) is 0 Å². The second-order valence-electron chi connectivity index (χ2n) is 3.30. The molecule has 0 spiro atoms. The molecule has 0 aliphatic rings. The van der Waals surface area contributed by atoms with E-state index in [1.54, 1.807) is 23.7 Å². The van der Waals surface area contributed by atoms with Gasteiger partial charge in [-0.2, -0.15) is 0 Å². The zero-order chi connectivity index (χ0) is 12.3. The first kappa shape index (κ1) is 12.2. The minimum absolute atomic E-state index is 0.00907. The first-order valence-corrected chi connectivity index (χ1v) is 6.45. The number of hydrogen-bond donors (Lipinski definition) is 1. The Bertz CT molecular complexity index is 530. The summed E-state index contributed by atoms with van der Waals surface area (Å²) < 4.78 is 14.1. The average Bonchev–Trinajstić information content (AvgIpc) is 2.76. The topological polar surface area (TPSA) is 42.0 Å². The van der Waals surface area contributed by atoms with Crippen LogP contribution < -0.4 is 5.32 Å². The summed E-state index contributed by atoms with van der Waals surface area (Å²) in [6.07, 6.45) is 1.59. The highest BCUT2D eigenvalue weighted by Gasteiger charge is 2.09. The van der Waals surface area contributed by atoms with E-state index in [1.807, 2.05) is 0 Å². The monoisotopic (exact) mass is 314 g/mol. The van der Waals surface area contributed by atoms with Gasteiger partial charge in [0, 0.05) is 16.0 Å². The molecule has 0 radical (unpaired) electrons. The van der Waals surface area contributed by atoms with Crippen LogP contribution in [0, 0.1) is 5.82 Å². The molecule has 2 rings (SSSR count). The van der Waals surface area contributed by atoms with Crippen LogP contribution >= 0.6 is 27.3 Å². The largest absolute Gasteiger partial charge is 0.302 e. The van der Waals surface area contributed by atoms with E-state index in [0.717, 1.165) is 4.47 Å². The Labute approximate surface area is 110 Å². The van der Waals surface area contributed by atoms with Gasteiger partial charge in [0.15, 0.2) is 5.13 Å². The molecule has 1 aromatic heterocycles. The summed E-state index contributed by atoms with van der Waals surface area (Å²) >= 11 is 4.56. The summed E-state index contributed by atoms with van der Waals surface area (Å²) in [4.78, 5) is 15.5. The third kappa shape index (κ3) is 3.34. The van der Waals surface area contributed by atoms with Crippen molar-refractivity contribution in [3.05, 3.63) is 45.6 Å². The molecule has 2 aromatic rings. The van der Waals surface area contributed by atoms with Gasteiger partial charge in [0.05, 0.1) is 6.42 Å². The molecule has 88 valence electrons. The average molecular weight is 315 g/mol. The molecule has 1 aromatic carbocycles. The predicted octanol–water partition coefficient (Wildman–Crippen LogP) is 3.23. The van der Waals surface area contributed by atoms with Gasteiger partial charge < -0.3 is 5.32 Å². The van der Waals surface area contributed by atoms with E-state index in [-0.39, 0.29) is 18.1 Å². The van der Waals surface area contributed by atoms with Crippen LogP contribution in [-0.2, 0) is 11.2 Å². The number of rotatable bonds is 3. The lowest BCUT2D eigenvalue weighted by Crippen LogP contribution is -2.15. The highest BCUT2D eigenvalue weighted by atomic mass is 79.9. The van der Waals surface area contributed by atoms with Crippen molar-refractivity contribution >= 4 is 38.3 Å². The van der Waals surface area contributed by atoms with Gasteiger partial charge in [-0.3, -0.25) is 4.79 Å². The maximum absolute atomic E-state index is 13.4. The quantitative estimate of drug-likeness (QED) is 0.945. The molecule has 0 aliphatic heterocycles. The first-order valence-electron chi connectivity index (χ1n) is 4.78. The number of nitrogens with one attached hydrogen (secondary N) is 1. The number of amides is 1. The third-order valence-corrected chi connectivity index (χ3v) is 3.22. The fourth-order valence-corrected chi connectivity index (χ4v) is 2.25. The fourth-order valence-electron chi connectivity index (χ4n) is 1.30. The van der Waals surface area contributed by atoms with E-state index in [2.05, 4.69) is 26.2 Å². The van der Waals surface area contributed by atoms with E-state index in [0.29, 0.717) is 10.7 Å². The molecule has 0 aliphatic carbocycles. The standard InChI is InChI=1S/C11H8BrFN2OS/c12-8-1-2-9(13)7(5-8)6-10(16)15-11-14-3-4-17-11/h1-5H,6H2,(H,14,15,16). The predicted molar refractivity (Wildman–Crippen MR) is 68.5 cm³/mol. The maximum Gasteiger partial charge on any atom is 0.230 e. The van der Waals surface area contributed by atoms with Crippen LogP contribution in [0.1, 0.15) is 5.56 Å². The zero-order valence-electron chi connectivity index (χ0n) is 8.61. The summed E-state index contributed by atoms with van der Waals surface area (Å²) in [5.74, 6) is -0.667. The van der Waals surface area contributed by atoms with Crippen molar-refractivity contribution in [3.63, 3.8) is 0 Å². The second kappa shape index (κ2) is 5.37. The Morgan fingerprint density at radius 3 is 3.06 bits per heavy atom. The number of aromatic nitrogens is 1. The van der Waals surface area contributed by atoms with Crippen molar-refractivity contribution in [1.82, 2.24) is 4.98 Å². The first-order chi connectivity index (χ1) is 8.15. The molecule has 0 fully saturated rings. The number of nitrogens with zero attached hydrogens (tertiary/aromatic N) is 1. The highest BCUT2D eigenvalue weighted by molar-refractivity contribution is 9.10. The van der Waals surface area contributed by atoms with Crippen LogP contribution in [0.25, 0.3) is 0 Å². The van der Waals surface area contributed by atoms with Crippen molar-refractivity contribution in [2.45, 2.75) is 6.42 Å². The molecule has 6 heteroatoms. The molecule has 3 nitrogen and oxygen atoms in total. The number of carbonyl (C=O) groups excluding carboxylic acids is 1. The molecule has 1 N–H and O–H groups in total. The number of thiazole rings is 1. The highest BCUT2D eigenvalue weighted by Crippen LogP contribution is 2.17. The normalized spacial score (nSPS) is 10.2. The van der Waals surface area contributed by atoms with Gasteiger partial charge in [0.25, 0.3) is 0 Å². The Kier molecular flexibility index (Phi) is 3.86. The van der Waals surface area contributed by atoms with E-state index in [9.17, 15) is 9.18 Å². The van der Waals surface area contributed by atoms with Gasteiger partial charge in [-0.25, -0.2) is 9.37 Å². The van der Waals surface area contributed by atoms with Crippen molar-refractivity contribution in [2.75, 3.05) is 5.32 Å². The smallest absolute Gasteiger partial charge is 0.230 e. The molecule has 1 amide bonds. The van der Waals surface area contributed by atoms with E-state index < -0.39 is 0 Å². The SMILES string of the molecule is O=C(Cc1cc(Br)ccc1F)Nc1nccs1. The van der Waals surface area contributed by atoms with Gasteiger partial charge >= 0.3 is 0 Å². The number of benzene rings is 1. The van der Waals surface area contributed by atoms with Gasteiger partial charge in [0.2, 0.25) is 5.91 Å². The molecule has 0 saturated carbocycles. The summed E-state index contributed by atoms with van der Waals surface area (Å²) in [6.45, 7) is 0. The van der Waals surface area contributed by atoms with Crippen LogP contribution in [0.2, 0.25) is 0 Å². The zero-order valence-corrected chi connectivity index (χ0v) is 11.0. The van der Waals surface area contributed by atoms with Gasteiger partial charge in [0.1, 0.15) is 5.82 Å². The fraction of sp³-hybridized carbons (Fsp3) is 0.0909. The summed E-state index contributed by atoms with van der Waals surface area (Å²) in [5, 5.41) is 4.88. The lowest BCUT2D eigenvalue weighted by Gasteiger charge is -2.04. The molecule has 0 bridgehead atoms. The van der Waals surface area contributed by atoms with E-state index >= 15 is 0 Å².